The van der Waals surface area contributed by atoms with Crippen LogP contribution in [0.5, 0.6) is 0 Å². The van der Waals surface area contributed by atoms with E-state index >= 15 is 0 Å². The molecule has 3 N–H and O–H groups in total. The van der Waals surface area contributed by atoms with Gasteiger partial charge in [0, 0.05) is 12.2 Å². The summed E-state index contributed by atoms with van der Waals surface area (Å²) in [5.41, 5.74) is 9.11. The zero-order valence-electron chi connectivity index (χ0n) is 10.7. The first-order valence-corrected chi connectivity index (χ1v) is 6.84. The van der Waals surface area contributed by atoms with Gasteiger partial charge < -0.3 is 11.1 Å². The van der Waals surface area contributed by atoms with Crippen molar-refractivity contribution in [1.29, 1.82) is 0 Å². The highest BCUT2D eigenvalue weighted by atomic mass is 35.5. The Balaban J connectivity index is 2.22. The van der Waals surface area contributed by atoms with E-state index in [0.29, 0.717) is 16.6 Å². The summed E-state index contributed by atoms with van der Waals surface area (Å²) in [4.78, 5) is 0. The van der Waals surface area contributed by atoms with Crippen molar-refractivity contribution in [1.82, 2.24) is 0 Å². The third-order valence-corrected chi connectivity index (χ3v) is 3.68. The molecule has 0 saturated carbocycles. The Labute approximate surface area is 123 Å². The highest BCUT2D eigenvalue weighted by Gasteiger charge is 2.11. The Hall–Kier alpha value is -1.22. The molecule has 19 heavy (non-hydrogen) atoms. The fraction of sp³-hybridized carbons (Fsp3) is 0.200. The quantitative estimate of drug-likeness (QED) is 0.876. The SMILES string of the molecule is Cc1cccc(NC(CN)c2ccc(Cl)c(Cl)c2)c1. The summed E-state index contributed by atoms with van der Waals surface area (Å²) in [6, 6.07) is 13.8. The molecule has 0 aliphatic carbocycles. The molecule has 0 aliphatic heterocycles. The van der Waals surface area contributed by atoms with E-state index in [1.165, 1.54) is 5.56 Å². The predicted octanol–water partition coefficient (Wildman–Crippen LogP) is 4.41. The predicted molar refractivity (Wildman–Crippen MR) is 83.1 cm³/mol. The van der Waals surface area contributed by atoms with E-state index in [1.807, 2.05) is 24.3 Å². The van der Waals surface area contributed by atoms with Gasteiger partial charge in [0.15, 0.2) is 0 Å². The number of hydrogen-bond donors (Lipinski definition) is 2. The molecular formula is C15H16Cl2N2. The summed E-state index contributed by atoms with van der Waals surface area (Å²) < 4.78 is 0. The van der Waals surface area contributed by atoms with Crippen LogP contribution in [-0.2, 0) is 0 Å². The minimum absolute atomic E-state index is 0.0107. The topological polar surface area (TPSA) is 38.0 Å². The smallest absolute Gasteiger partial charge is 0.0636 e. The maximum atomic E-state index is 6.04. The summed E-state index contributed by atoms with van der Waals surface area (Å²) in [5.74, 6) is 0. The van der Waals surface area contributed by atoms with Crippen molar-refractivity contribution >= 4 is 28.9 Å². The molecule has 0 amide bonds. The van der Waals surface area contributed by atoms with Gasteiger partial charge in [-0.05, 0) is 42.3 Å². The molecule has 0 fully saturated rings. The molecule has 4 heteroatoms. The van der Waals surface area contributed by atoms with E-state index in [1.54, 1.807) is 6.07 Å². The fourth-order valence-electron chi connectivity index (χ4n) is 1.94. The largest absolute Gasteiger partial charge is 0.377 e. The fourth-order valence-corrected chi connectivity index (χ4v) is 2.25. The standard InChI is InChI=1S/C15H16Cl2N2/c1-10-3-2-4-12(7-10)19-15(9-18)11-5-6-13(16)14(17)8-11/h2-8,15,19H,9,18H2,1H3. The minimum Gasteiger partial charge on any atom is -0.377 e. The van der Waals surface area contributed by atoms with Crippen LogP contribution in [-0.4, -0.2) is 6.54 Å². The van der Waals surface area contributed by atoms with Crippen LogP contribution in [0.4, 0.5) is 5.69 Å². The molecule has 2 nitrogen and oxygen atoms in total. The van der Waals surface area contributed by atoms with Gasteiger partial charge in [-0.1, -0.05) is 41.4 Å². The summed E-state index contributed by atoms with van der Waals surface area (Å²) in [6.07, 6.45) is 0. The molecular weight excluding hydrogens is 279 g/mol. The van der Waals surface area contributed by atoms with Gasteiger partial charge in [-0.2, -0.15) is 0 Å². The zero-order valence-corrected chi connectivity index (χ0v) is 12.2. The van der Waals surface area contributed by atoms with Crippen LogP contribution in [0.25, 0.3) is 0 Å². The van der Waals surface area contributed by atoms with Crippen molar-refractivity contribution in [3.63, 3.8) is 0 Å². The van der Waals surface area contributed by atoms with Crippen molar-refractivity contribution in [2.45, 2.75) is 13.0 Å². The molecule has 1 unspecified atom stereocenters. The summed E-state index contributed by atoms with van der Waals surface area (Å²) in [7, 11) is 0. The number of benzene rings is 2. The molecule has 0 aliphatic rings. The number of hydrogen-bond acceptors (Lipinski definition) is 2. The van der Waals surface area contributed by atoms with Gasteiger partial charge in [0.2, 0.25) is 0 Å². The van der Waals surface area contributed by atoms with Crippen LogP contribution in [0.2, 0.25) is 10.0 Å². The normalized spacial score (nSPS) is 12.2. The van der Waals surface area contributed by atoms with E-state index in [0.717, 1.165) is 11.3 Å². The van der Waals surface area contributed by atoms with Gasteiger partial charge in [0.25, 0.3) is 0 Å². The zero-order chi connectivity index (χ0) is 13.8. The van der Waals surface area contributed by atoms with Crippen LogP contribution in [0.15, 0.2) is 42.5 Å². The lowest BCUT2D eigenvalue weighted by molar-refractivity contribution is 0.790. The van der Waals surface area contributed by atoms with Gasteiger partial charge in [-0.3, -0.25) is 0 Å². The molecule has 0 aromatic heterocycles. The monoisotopic (exact) mass is 294 g/mol. The van der Waals surface area contributed by atoms with Crippen molar-refractivity contribution in [2.75, 3.05) is 11.9 Å². The number of anilines is 1. The lowest BCUT2D eigenvalue weighted by atomic mass is 10.1. The van der Waals surface area contributed by atoms with Crippen molar-refractivity contribution in [3.05, 3.63) is 63.6 Å². The van der Waals surface area contributed by atoms with E-state index in [-0.39, 0.29) is 6.04 Å². The van der Waals surface area contributed by atoms with Gasteiger partial charge in [-0.25, -0.2) is 0 Å². The Morgan fingerprint density at radius 1 is 1.11 bits per heavy atom. The average molecular weight is 295 g/mol. The molecule has 2 aromatic rings. The molecule has 0 heterocycles. The first-order valence-electron chi connectivity index (χ1n) is 6.08. The third-order valence-electron chi connectivity index (χ3n) is 2.94. The van der Waals surface area contributed by atoms with Gasteiger partial charge in [-0.15, -0.1) is 0 Å². The molecule has 2 aromatic carbocycles. The molecule has 0 spiro atoms. The second-order valence-corrected chi connectivity index (χ2v) is 5.29. The first-order chi connectivity index (χ1) is 9.10. The van der Waals surface area contributed by atoms with Crippen molar-refractivity contribution in [2.24, 2.45) is 5.73 Å². The second-order valence-electron chi connectivity index (χ2n) is 4.48. The maximum absolute atomic E-state index is 6.04. The summed E-state index contributed by atoms with van der Waals surface area (Å²) >= 11 is 12.0. The third kappa shape index (κ3) is 3.63. The molecule has 0 bridgehead atoms. The maximum Gasteiger partial charge on any atom is 0.0636 e. The van der Waals surface area contributed by atoms with E-state index in [2.05, 4.69) is 24.4 Å². The average Bonchev–Trinajstić information content (AvgIpc) is 2.39. The number of nitrogens with two attached hydrogens (primary N) is 1. The number of halogens is 2. The second kappa shape index (κ2) is 6.29. The molecule has 0 saturated heterocycles. The van der Waals surface area contributed by atoms with Gasteiger partial charge in [0.05, 0.1) is 16.1 Å². The lowest BCUT2D eigenvalue weighted by Gasteiger charge is -2.19. The Bertz CT molecular complexity index is 570. The minimum atomic E-state index is 0.0107. The molecule has 0 radical (unpaired) electrons. The van der Waals surface area contributed by atoms with Crippen LogP contribution in [0, 0.1) is 6.92 Å². The first kappa shape index (κ1) is 14.2. The van der Waals surface area contributed by atoms with Crippen LogP contribution < -0.4 is 11.1 Å². The number of rotatable bonds is 4. The number of aryl methyl sites for hydroxylation is 1. The summed E-state index contributed by atoms with van der Waals surface area (Å²) in [6.45, 7) is 2.54. The van der Waals surface area contributed by atoms with E-state index in [9.17, 15) is 0 Å². The van der Waals surface area contributed by atoms with Crippen LogP contribution in [0.3, 0.4) is 0 Å². The Morgan fingerprint density at radius 2 is 1.89 bits per heavy atom. The van der Waals surface area contributed by atoms with Crippen molar-refractivity contribution in [3.8, 4) is 0 Å². The Morgan fingerprint density at radius 3 is 2.53 bits per heavy atom. The van der Waals surface area contributed by atoms with Gasteiger partial charge in [0.1, 0.15) is 0 Å². The number of nitrogens with one attached hydrogen (secondary N) is 1. The molecule has 2 rings (SSSR count). The van der Waals surface area contributed by atoms with Crippen LogP contribution in [0.1, 0.15) is 17.2 Å². The Kier molecular flexibility index (Phi) is 4.70. The highest BCUT2D eigenvalue weighted by molar-refractivity contribution is 6.42. The van der Waals surface area contributed by atoms with Crippen LogP contribution >= 0.6 is 23.2 Å². The lowest BCUT2D eigenvalue weighted by Crippen LogP contribution is -2.20. The summed E-state index contributed by atoms with van der Waals surface area (Å²) in [5, 5.41) is 4.50. The van der Waals surface area contributed by atoms with Crippen molar-refractivity contribution < 1.29 is 0 Å². The highest BCUT2D eigenvalue weighted by Crippen LogP contribution is 2.27. The van der Waals surface area contributed by atoms with Gasteiger partial charge >= 0.3 is 0 Å². The van der Waals surface area contributed by atoms with E-state index in [4.69, 9.17) is 28.9 Å². The molecule has 100 valence electrons. The molecule has 1 atom stereocenters. The van der Waals surface area contributed by atoms with E-state index < -0.39 is 0 Å².